The molecule has 4 nitrogen and oxygen atoms in total. The molecular formula is C36H27NO3. The number of benzene rings is 4. The summed E-state index contributed by atoms with van der Waals surface area (Å²) >= 11 is 0. The van der Waals surface area contributed by atoms with Gasteiger partial charge in [0.25, 0.3) is 0 Å². The third kappa shape index (κ3) is 4.58. The van der Waals surface area contributed by atoms with E-state index < -0.39 is 5.41 Å². The molecule has 0 radical (unpaired) electrons. The molecule has 4 aromatic carbocycles. The van der Waals surface area contributed by atoms with Crippen LogP contribution in [0.4, 0.5) is 0 Å². The van der Waals surface area contributed by atoms with E-state index in [1.165, 1.54) is 0 Å². The summed E-state index contributed by atoms with van der Waals surface area (Å²) in [5.41, 5.74) is 4.89. The third-order valence-electron chi connectivity index (χ3n) is 7.75. The smallest absolute Gasteiger partial charge is 0.186 e. The van der Waals surface area contributed by atoms with Crippen LogP contribution in [-0.4, -0.2) is 23.6 Å². The van der Waals surface area contributed by atoms with Gasteiger partial charge in [-0.15, -0.1) is 0 Å². The number of allylic oxidation sites excluding steroid dienone is 3. The first-order chi connectivity index (χ1) is 19.6. The average molecular weight is 522 g/mol. The van der Waals surface area contributed by atoms with Crippen molar-refractivity contribution in [2.75, 3.05) is 0 Å². The summed E-state index contributed by atoms with van der Waals surface area (Å²) in [4.78, 5) is 46.0. The Morgan fingerprint density at radius 1 is 0.650 bits per heavy atom. The van der Waals surface area contributed by atoms with E-state index in [4.69, 9.17) is 4.99 Å². The number of carbonyl (C=O) groups excluding carboxylic acids is 3. The maximum atomic E-state index is 13.9. The van der Waals surface area contributed by atoms with Gasteiger partial charge in [-0.2, -0.15) is 0 Å². The van der Waals surface area contributed by atoms with Gasteiger partial charge in [0.15, 0.2) is 17.3 Å². The number of hydrogen-bond acceptors (Lipinski definition) is 4. The van der Waals surface area contributed by atoms with Crippen molar-refractivity contribution < 1.29 is 14.4 Å². The van der Waals surface area contributed by atoms with Gasteiger partial charge in [0.2, 0.25) is 0 Å². The number of ketones is 3. The maximum absolute atomic E-state index is 13.9. The minimum Gasteiger partial charge on any atom is -0.294 e. The highest BCUT2D eigenvalue weighted by atomic mass is 16.1. The summed E-state index contributed by atoms with van der Waals surface area (Å²) in [6, 6.07) is 35.4. The molecule has 0 saturated heterocycles. The van der Waals surface area contributed by atoms with Crippen molar-refractivity contribution in [2.45, 2.75) is 24.7 Å². The molecule has 0 unspecified atom stereocenters. The van der Waals surface area contributed by atoms with Crippen LogP contribution in [-0.2, 0) is 5.41 Å². The van der Waals surface area contributed by atoms with Crippen LogP contribution < -0.4 is 0 Å². The van der Waals surface area contributed by atoms with Crippen LogP contribution in [0.25, 0.3) is 5.70 Å². The molecule has 0 aromatic heterocycles. The Labute approximate surface area is 233 Å². The van der Waals surface area contributed by atoms with Crippen molar-refractivity contribution in [3.8, 4) is 0 Å². The van der Waals surface area contributed by atoms with Gasteiger partial charge in [0, 0.05) is 53.1 Å². The van der Waals surface area contributed by atoms with Crippen molar-refractivity contribution in [2.24, 2.45) is 4.99 Å². The molecule has 0 bridgehead atoms. The highest BCUT2D eigenvalue weighted by Crippen LogP contribution is 2.56. The minimum atomic E-state index is -0.980. The quantitative estimate of drug-likeness (QED) is 0.178. The van der Waals surface area contributed by atoms with Crippen molar-refractivity contribution in [1.82, 2.24) is 0 Å². The Kier molecular flexibility index (Phi) is 6.75. The predicted octanol–water partition coefficient (Wildman–Crippen LogP) is 7.48. The summed E-state index contributed by atoms with van der Waals surface area (Å²) < 4.78 is 0. The highest BCUT2D eigenvalue weighted by molar-refractivity contribution is 6.08. The molecule has 0 amide bonds. The van der Waals surface area contributed by atoms with E-state index in [-0.39, 0.29) is 30.2 Å². The molecule has 0 atom stereocenters. The predicted molar refractivity (Wildman–Crippen MR) is 158 cm³/mol. The Morgan fingerprint density at radius 3 is 1.73 bits per heavy atom. The second-order valence-electron chi connectivity index (χ2n) is 10.2. The lowest BCUT2D eigenvalue weighted by molar-refractivity contribution is 0.0917. The number of fused-ring (bicyclic) bond motifs is 2. The number of rotatable bonds is 8. The van der Waals surface area contributed by atoms with Crippen LogP contribution in [0, 0.1) is 0 Å². The van der Waals surface area contributed by atoms with E-state index in [0.717, 1.165) is 28.0 Å². The zero-order valence-electron chi connectivity index (χ0n) is 21.9. The Hall–Kier alpha value is -4.96. The lowest BCUT2D eigenvalue weighted by Crippen LogP contribution is -2.34. The zero-order chi connectivity index (χ0) is 27.5. The van der Waals surface area contributed by atoms with E-state index in [2.05, 4.69) is 0 Å². The largest absolute Gasteiger partial charge is 0.294 e. The van der Waals surface area contributed by atoms with Gasteiger partial charge in [-0.1, -0.05) is 115 Å². The molecule has 194 valence electrons. The van der Waals surface area contributed by atoms with E-state index in [9.17, 15) is 14.4 Å². The molecule has 0 fully saturated rings. The zero-order valence-corrected chi connectivity index (χ0v) is 21.9. The molecule has 2 aliphatic rings. The second-order valence-corrected chi connectivity index (χ2v) is 10.2. The van der Waals surface area contributed by atoms with Crippen LogP contribution in [0.15, 0.2) is 137 Å². The third-order valence-corrected chi connectivity index (χ3v) is 7.75. The van der Waals surface area contributed by atoms with Crippen LogP contribution in [0.3, 0.4) is 0 Å². The van der Waals surface area contributed by atoms with Crippen molar-refractivity contribution >= 4 is 29.3 Å². The SMILES string of the molecule is O=C(C=C1CC=NC2=C1C(CC(=O)c1ccccc1)(CC(=O)c1ccccc1)c1ccccc12)c1ccccc1. The Balaban J connectivity index is 1.54. The number of Topliss-reactive ketones (excluding diaryl/α,β-unsaturated/α-hetero) is 2. The number of nitrogens with zero attached hydrogens (tertiary/aromatic N) is 1. The normalized spacial score (nSPS) is 15.9. The van der Waals surface area contributed by atoms with Crippen molar-refractivity contribution in [3.63, 3.8) is 0 Å². The molecule has 6 rings (SSSR count). The van der Waals surface area contributed by atoms with Crippen molar-refractivity contribution in [3.05, 3.63) is 160 Å². The van der Waals surface area contributed by atoms with Gasteiger partial charge < -0.3 is 0 Å². The first-order valence-electron chi connectivity index (χ1n) is 13.4. The fourth-order valence-electron chi connectivity index (χ4n) is 5.94. The number of carbonyl (C=O) groups is 3. The lowest BCUT2D eigenvalue weighted by atomic mass is 9.66. The first-order valence-corrected chi connectivity index (χ1v) is 13.4. The summed E-state index contributed by atoms with van der Waals surface area (Å²) in [5, 5.41) is 0. The number of aliphatic imine (C=N–C) groups is 1. The van der Waals surface area contributed by atoms with Crippen LogP contribution in [0.2, 0.25) is 0 Å². The van der Waals surface area contributed by atoms with Gasteiger partial charge in [-0.05, 0) is 22.8 Å². The minimum absolute atomic E-state index is 0.0618. The molecule has 0 N–H and O–H groups in total. The summed E-state index contributed by atoms with van der Waals surface area (Å²) in [7, 11) is 0. The topological polar surface area (TPSA) is 63.6 Å². The van der Waals surface area contributed by atoms with E-state index in [1.54, 1.807) is 42.5 Å². The Bertz CT molecular complexity index is 1640. The highest BCUT2D eigenvalue weighted by Gasteiger charge is 2.49. The molecule has 1 heterocycles. The van der Waals surface area contributed by atoms with E-state index in [0.29, 0.717) is 23.1 Å². The van der Waals surface area contributed by atoms with E-state index in [1.807, 2.05) is 85.1 Å². The molecular weight excluding hydrogens is 494 g/mol. The summed E-state index contributed by atoms with van der Waals surface area (Å²) in [5.74, 6) is -0.243. The molecule has 1 aliphatic carbocycles. The summed E-state index contributed by atoms with van der Waals surface area (Å²) in [6.07, 6.45) is 4.08. The monoisotopic (exact) mass is 521 g/mol. The van der Waals surface area contributed by atoms with Crippen LogP contribution in [0.5, 0.6) is 0 Å². The molecule has 4 heteroatoms. The van der Waals surface area contributed by atoms with Gasteiger partial charge in [-0.25, -0.2) is 0 Å². The molecule has 0 saturated carbocycles. The molecule has 40 heavy (non-hydrogen) atoms. The van der Waals surface area contributed by atoms with Crippen molar-refractivity contribution in [1.29, 1.82) is 0 Å². The molecule has 4 aromatic rings. The van der Waals surface area contributed by atoms with Gasteiger partial charge >= 0.3 is 0 Å². The average Bonchev–Trinajstić information content (AvgIpc) is 3.28. The first kappa shape index (κ1) is 25.3. The lowest BCUT2D eigenvalue weighted by Gasteiger charge is -2.35. The maximum Gasteiger partial charge on any atom is 0.186 e. The van der Waals surface area contributed by atoms with Gasteiger partial charge in [0.05, 0.1) is 5.70 Å². The standard InChI is InChI=1S/C36H27NO3/c38-31(25-12-4-1-5-13-25)22-28-20-21-37-35-29-18-10-11-19-30(29)36(34(28)35,23-32(39)26-14-6-2-7-15-26)24-33(40)27-16-8-3-9-17-27/h1-19,21-22H,20,23-24H2. The second kappa shape index (κ2) is 10.7. The summed E-state index contributed by atoms with van der Waals surface area (Å²) in [6.45, 7) is 0. The Morgan fingerprint density at radius 2 is 1.15 bits per heavy atom. The van der Waals surface area contributed by atoms with Gasteiger partial charge in [-0.3, -0.25) is 19.4 Å². The van der Waals surface area contributed by atoms with Gasteiger partial charge in [0.1, 0.15) is 0 Å². The fourth-order valence-corrected chi connectivity index (χ4v) is 5.94. The number of hydrogen-bond donors (Lipinski definition) is 0. The molecule has 1 aliphatic heterocycles. The fraction of sp³-hybridized carbons (Fsp3) is 0.111. The van der Waals surface area contributed by atoms with Crippen LogP contribution in [0.1, 0.15) is 61.5 Å². The molecule has 0 spiro atoms. The van der Waals surface area contributed by atoms with Crippen LogP contribution >= 0.6 is 0 Å². The van der Waals surface area contributed by atoms with E-state index >= 15 is 0 Å².